The highest BCUT2D eigenvalue weighted by molar-refractivity contribution is 5.91. The fraction of sp³-hybridized carbons (Fsp3) is 0.900. The zero-order valence-electron chi connectivity index (χ0n) is 6.49. The monoisotopic (exact) mass is 148 g/mol. The van der Waals surface area contributed by atoms with Gasteiger partial charge in [0.1, 0.15) is 5.78 Å². The Hall–Kier alpha value is -0.330. The Kier molecular flexibility index (Phi) is 0.630. The van der Waals surface area contributed by atoms with Gasteiger partial charge in [-0.15, -0.1) is 0 Å². The molecule has 0 heterocycles. The Bertz CT molecular complexity index is 258. The van der Waals surface area contributed by atoms with E-state index in [0.29, 0.717) is 17.6 Å². The van der Waals surface area contributed by atoms with Gasteiger partial charge in [-0.3, -0.25) is 4.79 Å². The molecule has 0 aromatic carbocycles. The number of carbonyl (C=O) groups is 1. The first-order chi connectivity index (χ1) is 5.38. The number of rotatable bonds is 0. The van der Waals surface area contributed by atoms with Gasteiger partial charge in [0.25, 0.3) is 0 Å². The Morgan fingerprint density at radius 1 is 1.18 bits per heavy atom. The van der Waals surface area contributed by atoms with Crippen LogP contribution in [0.4, 0.5) is 0 Å². The lowest BCUT2D eigenvalue weighted by Crippen LogP contribution is -2.13. The van der Waals surface area contributed by atoms with Crippen LogP contribution < -0.4 is 0 Å². The van der Waals surface area contributed by atoms with Gasteiger partial charge >= 0.3 is 0 Å². The molecular formula is C10H12O. The number of hydrogen-bond acceptors (Lipinski definition) is 1. The minimum absolute atomic E-state index is 0.550. The average Bonchev–Trinajstić information content (AvgIpc) is 2.40. The molecule has 0 bridgehead atoms. The molecule has 4 rings (SSSR count). The van der Waals surface area contributed by atoms with Crippen molar-refractivity contribution in [3.63, 3.8) is 0 Å². The topological polar surface area (TPSA) is 17.1 Å². The molecule has 1 nitrogen and oxygen atoms in total. The minimum Gasteiger partial charge on any atom is -0.299 e. The van der Waals surface area contributed by atoms with Gasteiger partial charge in [-0.1, -0.05) is 0 Å². The Morgan fingerprint density at radius 2 is 2.09 bits per heavy atom. The van der Waals surface area contributed by atoms with Gasteiger partial charge in [0.05, 0.1) is 0 Å². The van der Waals surface area contributed by atoms with Crippen LogP contribution in [0.15, 0.2) is 0 Å². The maximum Gasteiger partial charge on any atom is 0.139 e. The lowest BCUT2D eigenvalue weighted by molar-refractivity contribution is -0.123. The lowest BCUT2D eigenvalue weighted by atomic mass is 9.93. The van der Waals surface area contributed by atoms with Crippen LogP contribution in [0, 0.1) is 35.5 Å². The van der Waals surface area contributed by atoms with E-state index in [0.717, 1.165) is 23.7 Å². The summed E-state index contributed by atoms with van der Waals surface area (Å²) in [5, 5.41) is 0. The second-order valence-electron chi connectivity index (χ2n) is 4.93. The van der Waals surface area contributed by atoms with Crippen molar-refractivity contribution in [2.24, 2.45) is 35.5 Å². The molecule has 58 valence electrons. The van der Waals surface area contributed by atoms with Crippen molar-refractivity contribution in [3.05, 3.63) is 0 Å². The quantitative estimate of drug-likeness (QED) is 0.508. The van der Waals surface area contributed by atoms with Gasteiger partial charge in [-0.25, -0.2) is 0 Å². The van der Waals surface area contributed by atoms with Gasteiger partial charge < -0.3 is 0 Å². The maximum atomic E-state index is 11.7. The summed E-state index contributed by atoms with van der Waals surface area (Å²) in [7, 11) is 0. The molecule has 0 radical (unpaired) electrons. The predicted octanol–water partition coefficient (Wildman–Crippen LogP) is 1.48. The van der Waals surface area contributed by atoms with Crippen molar-refractivity contribution < 1.29 is 4.79 Å². The molecule has 4 saturated carbocycles. The van der Waals surface area contributed by atoms with Crippen molar-refractivity contribution in [1.82, 2.24) is 0 Å². The van der Waals surface area contributed by atoms with Gasteiger partial charge in [0.15, 0.2) is 0 Å². The molecule has 4 fully saturated rings. The minimum atomic E-state index is 0.550. The molecule has 0 aromatic rings. The third-order valence-corrected chi connectivity index (χ3v) is 4.80. The summed E-state index contributed by atoms with van der Waals surface area (Å²) < 4.78 is 0. The van der Waals surface area contributed by atoms with Crippen LogP contribution in [0.5, 0.6) is 0 Å². The van der Waals surface area contributed by atoms with Crippen LogP contribution in [0.2, 0.25) is 0 Å². The smallest absolute Gasteiger partial charge is 0.139 e. The first kappa shape index (κ1) is 5.34. The van der Waals surface area contributed by atoms with Crippen LogP contribution in [0.3, 0.4) is 0 Å². The summed E-state index contributed by atoms with van der Waals surface area (Å²) in [5.74, 6) is 5.46. The van der Waals surface area contributed by atoms with E-state index >= 15 is 0 Å². The molecule has 0 amide bonds. The normalized spacial score (nSPS) is 68.9. The molecule has 1 heteroatoms. The van der Waals surface area contributed by atoms with Crippen LogP contribution in [0.1, 0.15) is 19.3 Å². The van der Waals surface area contributed by atoms with E-state index < -0.39 is 0 Å². The van der Waals surface area contributed by atoms with Crippen molar-refractivity contribution >= 4 is 5.78 Å². The van der Waals surface area contributed by atoms with Crippen molar-refractivity contribution in [1.29, 1.82) is 0 Å². The van der Waals surface area contributed by atoms with E-state index in [2.05, 4.69) is 0 Å². The second kappa shape index (κ2) is 1.30. The number of carbonyl (C=O) groups excluding carboxylic acids is 1. The number of fused-ring (bicyclic) bond motifs is 1. The molecule has 0 saturated heterocycles. The largest absolute Gasteiger partial charge is 0.299 e. The molecule has 4 aliphatic carbocycles. The average molecular weight is 148 g/mol. The zero-order valence-corrected chi connectivity index (χ0v) is 6.49. The van der Waals surface area contributed by atoms with E-state index in [1.54, 1.807) is 0 Å². The molecule has 0 N–H and O–H groups in total. The summed E-state index contributed by atoms with van der Waals surface area (Å²) in [6.45, 7) is 0. The predicted molar refractivity (Wildman–Crippen MR) is 39.8 cm³/mol. The highest BCUT2D eigenvalue weighted by Gasteiger charge is 2.73. The second-order valence-corrected chi connectivity index (χ2v) is 4.93. The molecule has 6 unspecified atom stereocenters. The zero-order chi connectivity index (χ0) is 7.16. The van der Waals surface area contributed by atoms with Crippen molar-refractivity contribution in [3.8, 4) is 0 Å². The van der Waals surface area contributed by atoms with Crippen LogP contribution in [-0.4, -0.2) is 5.78 Å². The first-order valence-corrected chi connectivity index (χ1v) is 4.91. The molecule has 0 spiro atoms. The number of Topliss-reactive ketones (excluding diaryl/α,β-unsaturated/α-hetero) is 1. The summed E-state index contributed by atoms with van der Waals surface area (Å²) >= 11 is 0. The highest BCUT2D eigenvalue weighted by Crippen LogP contribution is 2.74. The molecular weight excluding hydrogens is 136 g/mol. The van der Waals surface area contributed by atoms with Crippen molar-refractivity contribution in [2.45, 2.75) is 19.3 Å². The number of ketones is 1. The van der Waals surface area contributed by atoms with Gasteiger partial charge in [-0.2, -0.15) is 0 Å². The molecule has 0 aromatic heterocycles. The van der Waals surface area contributed by atoms with Crippen LogP contribution in [-0.2, 0) is 4.79 Å². The summed E-state index contributed by atoms with van der Waals surface area (Å²) in [5.41, 5.74) is 0. The maximum absolute atomic E-state index is 11.7. The summed E-state index contributed by atoms with van der Waals surface area (Å²) in [6.07, 6.45) is 4.04. The Labute approximate surface area is 66.2 Å². The van der Waals surface area contributed by atoms with E-state index in [9.17, 15) is 4.79 Å². The van der Waals surface area contributed by atoms with Gasteiger partial charge in [0, 0.05) is 11.8 Å². The molecule has 4 aliphatic rings. The Morgan fingerprint density at radius 3 is 3.00 bits per heavy atom. The van der Waals surface area contributed by atoms with E-state index in [1.165, 1.54) is 19.3 Å². The van der Waals surface area contributed by atoms with E-state index in [4.69, 9.17) is 0 Å². The number of hydrogen-bond donors (Lipinski definition) is 0. The van der Waals surface area contributed by atoms with Crippen LogP contribution >= 0.6 is 0 Å². The fourth-order valence-corrected chi connectivity index (χ4v) is 4.52. The standard InChI is InChI=1S/C10H12O/c11-10-5-2-1-4-3-6-8(7(4)5)9(6)10/h4-9H,1-3H2. The van der Waals surface area contributed by atoms with Gasteiger partial charge in [-0.05, 0) is 42.9 Å². The lowest BCUT2D eigenvalue weighted by Gasteiger charge is -2.10. The highest BCUT2D eigenvalue weighted by atomic mass is 16.1. The third kappa shape index (κ3) is 0.380. The van der Waals surface area contributed by atoms with E-state index in [-0.39, 0.29) is 0 Å². The fourth-order valence-electron chi connectivity index (χ4n) is 4.52. The van der Waals surface area contributed by atoms with E-state index in [1.807, 2.05) is 0 Å². The Balaban J connectivity index is 1.92. The summed E-state index contributed by atoms with van der Waals surface area (Å²) in [6, 6.07) is 0. The van der Waals surface area contributed by atoms with Crippen LogP contribution in [0.25, 0.3) is 0 Å². The summed E-state index contributed by atoms with van der Waals surface area (Å²) in [4.78, 5) is 11.7. The van der Waals surface area contributed by atoms with Gasteiger partial charge in [0.2, 0.25) is 0 Å². The molecule has 11 heavy (non-hydrogen) atoms. The van der Waals surface area contributed by atoms with Crippen molar-refractivity contribution in [2.75, 3.05) is 0 Å². The third-order valence-electron chi connectivity index (χ3n) is 4.80. The SMILES string of the molecule is O=C1C2CCC3CC4C1C4C32. The molecule has 0 aliphatic heterocycles. The molecule has 6 atom stereocenters. The first-order valence-electron chi connectivity index (χ1n) is 4.91.